The Hall–Kier alpha value is -2.21. The molecule has 1 aliphatic heterocycles. The van der Waals surface area contributed by atoms with Crippen LogP contribution in [0.5, 0.6) is 5.75 Å². The molecule has 2 aliphatic rings. The summed E-state index contributed by atoms with van der Waals surface area (Å²) in [5, 5.41) is 15.2. The van der Waals surface area contributed by atoms with Gasteiger partial charge in [-0.25, -0.2) is 0 Å². The summed E-state index contributed by atoms with van der Waals surface area (Å²) in [7, 11) is 0. The molecule has 1 saturated carbocycles. The fourth-order valence-electron chi connectivity index (χ4n) is 4.04. The van der Waals surface area contributed by atoms with E-state index in [-0.39, 0.29) is 11.9 Å². The molecule has 30 heavy (non-hydrogen) atoms. The Morgan fingerprint density at radius 1 is 1.10 bits per heavy atom. The van der Waals surface area contributed by atoms with E-state index in [1.165, 1.54) is 0 Å². The molecule has 3 aromatic rings. The van der Waals surface area contributed by atoms with E-state index in [1.54, 1.807) is 12.1 Å². The van der Waals surface area contributed by atoms with E-state index in [0.717, 1.165) is 49.4 Å². The maximum atomic E-state index is 9.74. The second kappa shape index (κ2) is 8.14. The second-order valence-electron chi connectivity index (χ2n) is 7.93. The summed E-state index contributed by atoms with van der Waals surface area (Å²) < 4.78 is 12.0. The van der Waals surface area contributed by atoms with Crippen LogP contribution in [0, 0.1) is 0 Å². The summed E-state index contributed by atoms with van der Waals surface area (Å²) in [6.07, 6.45) is 3.21. The SMILES string of the molecule is Oc1cccc(N2CCC(OCc3c(-c4c(Cl)cccc4Cl)noc3C3CC3)C2)c1. The Bertz CT molecular complexity index is 1040. The van der Waals surface area contributed by atoms with Crippen LogP contribution in [0.2, 0.25) is 10.0 Å². The highest BCUT2D eigenvalue weighted by molar-refractivity contribution is 6.39. The molecule has 7 heteroatoms. The van der Waals surface area contributed by atoms with Gasteiger partial charge in [0.05, 0.1) is 22.8 Å². The lowest BCUT2D eigenvalue weighted by Crippen LogP contribution is -2.22. The predicted octanol–water partition coefficient (Wildman–Crippen LogP) is 6.03. The summed E-state index contributed by atoms with van der Waals surface area (Å²) in [5.41, 5.74) is 3.33. The van der Waals surface area contributed by atoms with E-state index >= 15 is 0 Å². The fourth-order valence-corrected chi connectivity index (χ4v) is 4.61. The molecular weight excluding hydrogens is 423 g/mol. The van der Waals surface area contributed by atoms with Crippen LogP contribution >= 0.6 is 23.2 Å². The average Bonchev–Trinajstić information content (AvgIpc) is 3.31. The topological polar surface area (TPSA) is 58.7 Å². The molecule has 5 nitrogen and oxygen atoms in total. The molecule has 2 aromatic carbocycles. The molecular formula is C23H22Cl2N2O3. The minimum Gasteiger partial charge on any atom is -0.508 e. The Kier molecular flexibility index (Phi) is 5.35. The molecule has 5 rings (SSSR count). The normalized spacial score (nSPS) is 18.9. The molecule has 0 spiro atoms. The quantitative estimate of drug-likeness (QED) is 0.502. The number of phenolic OH excluding ortho intramolecular Hbond substituents is 1. The Morgan fingerprint density at radius 2 is 1.87 bits per heavy atom. The Morgan fingerprint density at radius 3 is 2.60 bits per heavy atom. The predicted molar refractivity (Wildman–Crippen MR) is 117 cm³/mol. The van der Waals surface area contributed by atoms with Crippen molar-refractivity contribution in [1.82, 2.24) is 5.16 Å². The number of aromatic hydroxyl groups is 1. The van der Waals surface area contributed by atoms with Crippen LogP contribution in [-0.4, -0.2) is 29.5 Å². The number of anilines is 1. The zero-order chi connectivity index (χ0) is 20.7. The van der Waals surface area contributed by atoms with Gasteiger partial charge in [-0.15, -0.1) is 0 Å². The van der Waals surface area contributed by atoms with Crippen molar-refractivity contribution in [3.05, 3.63) is 63.8 Å². The molecule has 156 valence electrons. The molecule has 1 aromatic heterocycles. The van der Waals surface area contributed by atoms with Crippen molar-refractivity contribution in [2.45, 2.75) is 37.9 Å². The number of hydrogen-bond donors (Lipinski definition) is 1. The van der Waals surface area contributed by atoms with E-state index in [2.05, 4.69) is 10.1 Å². The first-order chi connectivity index (χ1) is 14.6. The first-order valence-corrected chi connectivity index (χ1v) is 10.9. The van der Waals surface area contributed by atoms with Gasteiger partial charge in [0, 0.05) is 41.9 Å². The second-order valence-corrected chi connectivity index (χ2v) is 8.75. The van der Waals surface area contributed by atoms with Crippen molar-refractivity contribution >= 4 is 28.9 Å². The molecule has 1 N–H and O–H groups in total. The lowest BCUT2D eigenvalue weighted by Gasteiger charge is -2.19. The molecule has 2 heterocycles. The number of nitrogens with zero attached hydrogens (tertiary/aromatic N) is 2. The highest BCUT2D eigenvalue weighted by atomic mass is 35.5. The standard InChI is InChI=1S/C23H22Cl2N2O3/c24-19-5-2-6-20(25)21(19)22-18(23(30-26-22)14-7-8-14)13-29-17-9-10-27(12-17)15-3-1-4-16(28)11-15/h1-6,11,14,17,28H,7-10,12-13H2. The first kappa shape index (κ1) is 19.7. The van der Waals surface area contributed by atoms with E-state index < -0.39 is 0 Å². The summed E-state index contributed by atoms with van der Waals surface area (Å²) in [5.74, 6) is 1.57. The van der Waals surface area contributed by atoms with Crippen molar-refractivity contribution in [3.63, 3.8) is 0 Å². The van der Waals surface area contributed by atoms with Crippen LogP contribution in [0.15, 0.2) is 47.0 Å². The van der Waals surface area contributed by atoms with Crippen molar-refractivity contribution in [2.75, 3.05) is 18.0 Å². The van der Waals surface area contributed by atoms with Crippen molar-refractivity contribution in [3.8, 4) is 17.0 Å². The summed E-state index contributed by atoms with van der Waals surface area (Å²) in [6, 6.07) is 12.8. The van der Waals surface area contributed by atoms with Gasteiger partial charge in [0.2, 0.25) is 0 Å². The van der Waals surface area contributed by atoms with Gasteiger partial charge in [0.1, 0.15) is 17.2 Å². The molecule has 0 bridgehead atoms. The van der Waals surface area contributed by atoms with Gasteiger partial charge >= 0.3 is 0 Å². The van der Waals surface area contributed by atoms with Gasteiger partial charge in [-0.1, -0.05) is 40.5 Å². The highest BCUT2D eigenvalue weighted by Gasteiger charge is 2.34. The first-order valence-electron chi connectivity index (χ1n) is 10.2. The number of phenols is 1. The van der Waals surface area contributed by atoms with Crippen LogP contribution in [-0.2, 0) is 11.3 Å². The average molecular weight is 445 g/mol. The van der Waals surface area contributed by atoms with E-state index in [1.807, 2.05) is 30.3 Å². The number of aromatic nitrogens is 1. The Labute approximate surface area is 185 Å². The van der Waals surface area contributed by atoms with Crippen molar-refractivity contribution in [2.24, 2.45) is 0 Å². The number of ether oxygens (including phenoxy) is 1. The van der Waals surface area contributed by atoms with Crippen LogP contribution < -0.4 is 4.90 Å². The van der Waals surface area contributed by atoms with E-state index in [4.69, 9.17) is 32.5 Å². The zero-order valence-corrected chi connectivity index (χ0v) is 17.9. The lowest BCUT2D eigenvalue weighted by molar-refractivity contribution is 0.0547. The molecule has 1 atom stereocenters. The van der Waals surface area contributed by atoms with Crippen LogP contribution in [0.4, 0.5) is 5.69 Å². The molecule has 0 radical (unpaired) electrons. The van der Waals surface area contributed by atoms with Gasteiger partial charge in [0.15, 0.2) is 0 Å². The molecule has 1 saturated heterocycles. The van der Waals surface area contributed by atoms with Crippen molar-refractivity contribution < 1.29 is 14.4 Å². The minimum absolute atomic E-state index is 0.0869. The van der Waals surface area contributed by atoms with Gasteiger partial charge in [0.25, 0.3) is 0 Å². The largest absolute Gasteiger partial charge is 0.508 e. The molecule has 1 aliphatic carbocycles. The van der Waals surface area contributed by atoms with Gasteiger partial charge in [-0.3, -0.25) is 0 Å². The van der Waals surface area contributed by atoms with Crippen molar-refractivity contribution in [1.29, 1.82) is 0 Å². The summed E-state index contributed by atoms with van der Waals surface area (Å²) in [4.78, 5) is 2.23. The van der Waals surface area contributed by atoms with Crippen LogP contribution in [0.25, 0.3) is 11.3 Å². The van der Waals surface area contributed by atoms with E-state index in [0.29, 0.717) is 33.8 Å². The molecule has 1 unspecified atom stereocenters. The molecule has 0 amide bonds. The fraction of sp³-hybridized carbons (Fsp3) is 0.348. The number of halogens is 2. The lowest BCUT2D eigenvalue weighted by atomic mass is 10.0. The molecule has 2 fully saturated rings. The summed E-state index contributed by atoms with van der Waals surface area (Å²) in [6.45, 7) is 2.07. The van der Waals surface area contributed by atoms with E-state index in [9.17, 15) is 5.11 Å². The summed E-state index contributed by atoms with van der Waals surface area (Å²) >= 11 is 12.9. The van der Waals surface area contributed by atoms with Gasteiger partial charge in [-0.05, 0) is 43.5 Å². The van der Waals surface area contributed by atoms with Gasteiger partial charge in [-0.2, -0.15) is 0 Å². The smallest absolute Gasteiger partial charge is 0.145 e. The third kappa shape index (κ3) is 3.89. The monoisotopic (exact) mass is 444 g/mol. The third-order valence-corrected chi connectivity index (χ3v) is 6.40. The van der Waals surface area contributed by atoms with Crippen LogP contribution in [0.1, 0.15) is 36.5 Å². The maximum Gasteiger partial charge on any atom is 0.145 e. The van der Waals surface area contributed by atoms with Gasteiger partial charge < -0.3 is 19.3 Å². The maximum absolute atomic E-state index is 9.74. The number of benzene rings is 2. The number of rotatable bonds is 6. The zero-order valence-electron chi connectivity index (χ0n) is 16.4. The highest BCUT2D eigenvalue weighted by Crippen LogP contribution is 2.46. The Balaban J connectivity index is 1.35. The number of hydrogen-bond acceptors (Lipinski definition) is 5. The van der Waals surface area contributed by atoms with Crippen LogP contribution in [0.3, 0.4) is 0 Å². The minimum atomic E-state index is 0.0869. The third-order valence-electron chi connectivity index (χ3n) is 5.77.